The van der Waals surface area contributed by atoms with E-state index in [2.05, 4.69) is 18.3 Å². The van der Waals surface area contributed by atoms with Crippen molar-refractivity contribution >= 4 is 0 Å². The van der Waals surface area contributed by atoms with Gasteiger partial charge in [-0.15, -0.1) is 0 Å². The van der Waals surface area contributed by atoms with Crippen molar-refractivity contribution in [2.24, 2.45) is 5.92 Å². The molecule has 0 saturated heterocycles. The minimum atomic E-state index is -0.267. The SMILES string of the molecule is CC(O)CC(C)NC1CCCCC1C#N. The number of aliphatic hydroxyl groups excluding tert-OH is 1. The Kier molecular flexibility index (Phi) is 5.07. The quantitative estimate of drug-likeness (QED) is 0.744. The molecule has 0 aromatic rings. The molecule has 4 atom stereocenters. The molecule has 0 radical (unpaired) electrons. The molecular formula is C12H22N2O. The van der Waals surface area contributed by atoms with Gasteiger partial charge < -0.3 is 10.4 Å². The average Bonchev–Trinajstić information content (AvgIpc) is 2.17. The van der Waals surface area contributed by atoms with Crippen LogP contribution in [0.4, 0.5) is 0 Å². The normalized spacial score (nSPS) is 30.5. The van der Waals surface area contributed by atoms with E-state index in [9.17, 15) is 5.11 Å². The van der Waals surface area contributed by atoms with Gasteiger partial charge in [-0.1, -0.05) is 12.8 Å². The number of rotatable bonds is 4. The van der Waals surface area contributed by atoms with Crippen molar-refractivity contribution in [2.75, 3.05) is 0 Å². The van der Waals surface area contributed by atoms with Gasteiger partial charge in [-0.3, -0.25) is 0 Å². The summed E-state index contributed by atoms with van der Waals surface area (Å²) in [7, 11) is 0. The van der Waals surface area contributed by atoms with Crippen LogP contribution in [0.3, 0.4) is 0 Å². The molecule has 1 saturated carbocycles. The van der Waals surface area contributed by atoms with Crippen molar-refractivity contribution < 1.29 is 5.11 Å². The third-order valence-corrected chi connectivity index (χ3v) is 3.13. The second-order valence-electron chi connectivity index (χ2n) is 4.78. The van der Waals surface area contributed by atoms with Gasteiger partial charge in [-0.25, -0.2) is 0 Å². The largest absolute Gasteiger partial charge is 0.393 e. The van der Waals surface area contributed by atoms with Crippen LogP contribution >= 0.6 is 0 Å². The van der Waals surface area contributed by atoms with Crippen LogP contribution in [0.25, 0.3) is 0 Å². The minimum absolute atomic E-state index is 0.162. The topological polar surface area (TPSA) is 56.0 Å². The van der Waals surface area contributed by atoms with E-state index < -0.39 is 0 Å². The zero-order valence-corrected chi connectivity index (χ0v) is 9.74. The van der Waals surface area contributed by atoms with Crippen molar-refractivity contribution in [3.05, 3.63) is 0 Å². The molecule has 3 nitrogen and oxygen atoms in total. The molecular weight excluding hydrogens is 188 g/mol. The second-order valence-corrected chi connectivity index (χ2v) is 4.78. The highest BCUT2D eigenvalue weighted by molar-refractivity contribution is 4.95. The summed E-state index contributed by atoms with van der Waals surface area (Å²) in [5.41, 5.74) is 0. The number of nitrogens with one attached hydrogen (secondary N) is 1. The van der Waals surface area contributed by atoms with E-state index in [0.29, 0.717) is 12.1 Å². The zero-order chi connectivity index (χ0) is 11.3. The predicted octanol–water partition coefficient (Wildman–Crippen LogP) is 1.82. The molecule has 2 N–H and O–H groups in total. The molecule has 0 aromatic heterocycles. The lowest BCUT2D eigenvalue weighted by molar-refractivity contribution is 0.162. The lowest BCUT2D eigenvalue weighted by Crippen LogP contribution is -2.43. The monoisotopic (exact) mass is 210 g/mol. The molecule has 0 bridgehead atoms. The maximum atomic E-state index is 9.27. The second kappa shape index (κ2) is 6.09. The van der Waals surface area contributed by atoms with E-state index in [1.165, 1.54) is 12.8 Å². The smallest absolute Gasteiger partial charge is 0.0672 e. The van der Waals surface area contributed by atoms with Gasteiger partial charge in [0.1, 0.15) is 0 Å². The van der Waals surface area contributed by atoms with Crippen molar-refractivity contribution in [3.8, 4) is 6.07 Å². The molecule has 0 aromatic carbocycles. The first-order chi connectivity index (χ1) is 7.13. The number of nitriles is 1. The van der Waals surface area contributed by atoms with E-state index in [1.54, 1.807) is 6.92 Å². The fourth-order valence-electron chi connectivity index (χ4n) is 2.43. The van der Waals surface area contributed by atoms with E-state index >= 15 is 0 Å². The van der Waals surface area contributed by atoms with E-state index in [4.69, 9.17) is 5.26 Å². The van der Waals surface area contributed by atoms with Crippen LogP contribution in [0.2, 0.25) is 0 Å². The number of hydrogen-bond donors (Lipinski definition) is 2. The summed E-state index contributed by atoms with van der Waals surface area (Å²) in [6.07, 6.45) is 5.02. The molecule has 15 heavy (non-hydrogen) atoms. The molecule has 4 unspecified atom stereocenters. The minimum Gasteiger partial charge on any atom is -0.393 e. The van der Waals surface area contributed by atoms with Crippen LogP contribution in [0.15, 0.2) is 0 Å². The molecule has 0 aliphatic heterocycles. The summed E-state index contributed by atoms with van der Waals surface area (Å²) < 4.78 is 0. The van der Waals surface area contributed by atoms with Crippen molar-refractivity contribution in [3.63, 3.8) is 0 Å². The van der Waals surface area contributed by atoms with Gasteiger partial charge in [0.15, 0.2) is 0 Å². The Morgan fingerprint density at radius 1 is 1.40 bits per heavy atom. The maximum absolute atomic E-state index is 9.27. The van der Waals surface area contributed by atoms with Gasteiger partial charge in [0, 0.05) is 12.1 Å². The van der Waals surface area contributed by atoms with Crippen molar-refractivity contribution in [1.29, 1.82) is 5.26 Å². The molecule has 1 fully saturated rings. The first-order valence-electron chi connectivity index (χ1n) is 5.97. The van der Waals surface area contributed by atoms with E-state index in [0.717, 1.165) is 19.3 Å². The first kappa shape index (κ1) is 12.5. The Morgan fingerprint density at radius 3 is 2.67 bits per heavy atom. The molecule has 0 spiro atoms. The molecule has 1 aliphatic rings. The standard InChI is InChI=1S/C12H22N2O/c1-9(7-10(2)15)14-12-6-4-3-5-11(12)8-13/h9-12,14-15H,3-7H2,1-2H3. The zero-order valence-electron chi connectivity index (χ0n) is 9.74. The van der Waals surface area contributed by atoms with Gasteiger partial charge >= 0.3 is 0 Å². The number of hydrogen-bond acceptors (Lipinski definition) is 3. The Labute approximate surface area is 92.5 Å². The summed E-state index contributed by atoms with van der Waals surface area (Å²) in [6, 6.07) is 3.01. The van der Waals surface area contributed by atoms with E-state index in [-0.39, 0.29) is 12.0 Å². The Bertz CT molecular complexity index is 222. The highest BCUT2D eigenvalue weighted by atomic mass is 16.3. The molecule has 1 rings (SSSR count). The van der Waals surface area contributed by atoms with Gasteiger partial charge in [0.05, 0.1) is 18.1 Å². The van der Waals surface area contributed by atoms with Crippen LogP contribution in [0, 0.1) is 17.2 Å². The number of aliphatic hydroxyl groups is 1. The summed E-state index contributed by atoms with van der Waals surface area (Å²) >= 11 is 0. The van der Waals surface area contributed by atoms with Crippen LogP contribution in [-0.2, 0) is 0 Å². The van der Waals surface area contributed by atoms with Crippen LogP contribution in [-0.4, -0.2) is 23.3 Å². The van der Waals surface area contributed by atoms with Crippen molar-refractivity contribution in [2.45, 2.75) is 64.1 Å². The third-order valence-electron chi connectivity index (χ3n) is 3.13. The molecule has 0 heterocycles. The highest BCUT2D eigenvalue weighted by Gasteiger charge is 2.25. The fraction of sp³-hybridized carbons (Fsp3) is 0.917. The van der Waals surface area contributed by atoms with Gasteiger partial charge in [-0.2, -0.15) is 5.26 Å². The highest BCUT2D eigenvalue weighted by Crippen LogP contribution is 2.24. The molecule has 3 heteroatoms. The molecule has 1 aliphatic carbocycles. The van der Waals surface area contributed by atoms with Gasteiger partial charge in [0.2, 0.25) is 0 Å². The Hall–Kier alpha value is -0.590. The Balaban J connectivity index is 2.38. The van der Waals surface area contributed by atoms with Crippen LogP contribution < -0.4 is 5.32 Å². The average molecular weight is 210 g/mol. The van der Waals surface area contributed by atoms with Gasteiger partial charge in [-0.05, 0) is 33.1 Å². The maximum Gasteiger partial charge on any atom is 0.0672 e. The first-order valence-corrected chi connectivity index (χ1v) is 5.97. The fourth-order valence-corrected chi connectivity index (χ4v) is 2.43. The third kappa shape index (κ3) is 4.19. The van der Waals surface area contributed by atoms with E-state index in [1.807, 2.05) is 0 Å². The number of nitrogens with zero attached hydrogens (tertiary/aromatic N) is 1. The summed E-state index contributed by atoms with van der Waals surface area (Å²) in [6.45, 7) is 3.89. The molecule has 86 valence electrons. The van der Waals surface area contributed by atoms with Crippen LogP contribution in [0.5, 0.6) is 0 Å². The molecule has 0 amide bonds. The van der Waals surface area contributed by atoms with Crippen molar-refractivity contribution in [1.82, 2.24) is 5.32 Å². The Morgan fingerprint density at radius 2 is 2.07 bits per heavy atom. The summed E-state index contributed by atoms with van der Waals surface area (Å²) in [4.78, 5) is 0. The summed E-state index contributed by atoms with van der Waals surface area (Å²) in [5, 5.41) is 21.8. The lowest BCUT2D eigenvalue weighted by atomic mass is 9.85. The lowest BCUT2D eigenvalue weighted by Gasteiger charge is -2.30. The van der Waals surface area contributed by atoms with Crippen LogP contribution in [0.1, 0.15) is 46.0 Å². The summed E-state index contributed by atoms with van der Waals surface area (Å²) in [5.74, 6) is 0.162. The predicted molar refractivity (Wildman–Crippen MR) is 60.3 cm³/mol. The van der Waals surface area contributed by atoms with Gasteiger partial charge in [0.25, 0.3) is 0 Å².